The Balaban J connectivity index is 2.15. The van der Waals surface area contributed by atoms with Crippen molar-refractivity contribution in [3.8, 4) is 0 Å². The van der Waals surface area contributed by atoms with Crippen LogP contribution in [0.1, 0.15) is 24.5 Å². The van der Waals surface area contributed by atoms with E-state index in [1.165, 1.54) is 16.8 Å². The molecule has 0 aliphatic rings. The molecule has 0 heterocycles. The van der Waals surface area contributed by atoms with Gasteiger partial charge in [-0.25, -0.2) is 0 Å². The van der Waals surface area contributed by atoms with Crippen LogP contribution in [0.3, 0.4) is 0 Å². The quantitative estimate of drug-likeness (QED) is 0.759. The summed E-state index contributed by atoms with van der Waals surface area (Å²) in [5.41, 5.74) is 3.66. The largest absolute Gasteiger partial charge is 0.370 e. The molecule has 0 bridgehead atoms. The molecule has 2 aromatic rings. The molecule has 0 aromatic heterocycles. The number of hydrogen-bond acceptors (Lipinski definition) is 2. The van der Waals surface area contributed by atoms with Crippen LogP contribution in [0, 0.1) is 0 Å². The molecule has 2 rings (SSSR count). The summed E-state index contributed by atoms with van der Waals surface area (Å²) >= 11 is 6.39. The third-order valence-corrected chi connectivity index (χ3v) is 3.85. The molecular weight excluding hydrogens is 280 g/mol. The fourth-order valence-electron chi connectivity index (χ4n) is 2.41. The number of nitrogens with one attached hydrogen (secondary N) is 1. The number of nitrogens with zero attached hydrogens (tertiary/aromatic N) is 1. The first-order valence-electron chi connectivity index (χ1n) is 7.45. The van der Waals surface area contributed by atoms with Crippen LogP contribution in [0.4, 0.5) is 5.69 Å². The molecule has 112 valence electrons. The molecule has 3 heteroatoms. The molecule has 0 unspecified atom stereocenters. The van der Waals surface area contributed by atoms with E-state index in [0.29, 0.717) is 0 Å². The van der Waals surface area contributed by atoms with Gasteiger partial charge < -0.3 is 10.2 Å². The summed E-state index contributed by atoms with van der Waals surface area (Å²) < 4.78 is 0. The lowest BCUT2D eigenvalue weighted by atomic mass is 10.1. The van der Waals surface area contributed by atoms with E-state index in [4.69, 9.17) is 11.6 Å². The predicted molar refractivity (Wildman–Crippen MR) is 92.0 cm³/mol. The highest BCUT2D eigenvalue weighted by Crippen LogP contribution is 2.27. The smallest absolute Gasteiger partial charge is 0.0471 e. The topological polar surface area (TPSA) is 15.3 Å². The van der Waals surface area contributed by atoms with Crippen LogP contribution in [-0.4, -0.2) is 13.6 Å². The number of halogens is 1. The zero-order valence-corrected chi connectivity index (χ0v) is 13.5. The van der Waals surface area contributed by atoms with Crippen molar-refractivity contribution in [2.45, 2.75) is 26.4 Å². The fraction of sp³-hybridized carbons (Fsp3) is 0.333. The third kappa shape index (κ3) is 4.48. The molecule has 0 spiro atoms. The van der Waals surface area contributed by atoms with Gasteiger partial charge in [0.25, 0.3) is 0 Å². The van der Waals surface area contributed by atoms with Crippen LogP contribution in [-0.2, 0) is 13.1 Å². The second-order valence-electron chi connectivity index (χ2n) is 5.26. The summed E-state index contributed by atoms with van der Waals surface area (Å²) in [6.45, 7) is 4.86. The fourth-order valence-corrected chi connectivity index (χ4v) is 2.65. The van der Waals surface area contributed by atoms with Gasteiger partial charge in [0.2, 0.25) is 0 Å². The Bertz CT molecular complexity index is 554. The van der Waals surface area contributed by atoms with Crippen LogP contribution in [0.2, 0.25) is 5.02 Å². The Morgan fingerprint density at radius 3 is 2.52 bits per heavy atom. The molecule has 0 aliphatic carbocycles. The predicted octanol–water partition coefficient (Wildman–Crippen LogP) is 4.48. The maximum atomic E-state index is 6.39. The second kappa shape index (κ2) is 8.06. The van der Waals surface area contributed by atoms with Crippen molar-refractivity contribution in [3.63, 3.8) is 0 Å². The molecule has 0 aliphatic heterocycles. The third-order valence-electron chi connectivity index (χ3n) is 3.50. The van der Waals surface area contributed by atoms with Crippen molar-refractivity contribution in [2.75, 3.05) is 18.5 Å². The highest BCUT2D eigenvalue weighted by Gasteiger charge is 2.11. The maximum absolute atomic E-state index is 6.39. The van der Waals surface area contributed by atoms with Gasteiger partial charge in [0.05, 0.1) is 0 Å². The van der Waals surface area contributed by atoms with Gasteiger partial charge in [-0.2, -0.15) is 0 Å². The Morgan fingerprint density at radius 1 is 1.05 bits per heavy atom. The van der Waals surface area contributed by atoms with Crippen LogP contribution in [0.5, 0.6) is 0 Å². The lowest BCUT2D eigenvalue weighted by Gasteiger charge is -2.23. The van der Waals surface area contributed by atoms with Crippen molar-refractivity contribution >= 4 is 17.3 Å². The average molecular weight is 303 g/mol. The summed E-state index contributed by atoms with van der Waals surface area (Å²) in [5, 5.41) is 4.27. The van der Waals surface area contributed by atoms with Crippen molar-refractivity contribution < 1.29 is 0 Å². The molecule has 1 N–H and O–H groups in total. The Morgan fingerprint density at radius 2 is 1.81 bits per heavy atom. The number of rotatable bonds is 7. The Labute approximate surface area is 132 Å². The van der Waals surface area contributed by atoms with Gasteiger partial charge in [-0.1, -0.05) is 54.9 Å². The van der Waals surface area contributed by atoms with E-state index in [-0.39, 0.29) is 0 Å². The number of benzene rings is 2. The zero-order chi connectivity index (χ0) is 15.1. The van der Waals surface area contributed by atoms with Crippen LogP contribution >= 0.6 is 11.6 Å². The van der Waals surface area contributed by atoms with Gasteiger partial charge in [0.15, 0.2) is 0 Å². The normalized spacial score (nSPS) is 10.6. The summed E-state index contributed by atoms with van der Waals surface area (Å²) in [5.74, 6) is 0. The van der Waals surface area contributed by atoms with Crippen molar-refractivity contribution in [1.29, 1.82) is 0 Å². The highest BCUT2D eigenvalue weighted by atomic mass is 35.5. The molecule has 0 fully saturated rings. The average Bonchev–Trinajstić information content (AvgIpc) is 2.50. The van der Waals surface area contributed by atoms with Gasteiger partial charge >= 0.3 is 0 Å². The molecule has 21 heavy (non-hydrogen) atoms. The minimum absolute atomic E-state index is 0.808. The Hall–Kier alpha value is -1.51. The van der Waals surface area contributed by atoms with E-state index in [9.17, 15) is 0 Å². The SMILES string of the molecule is CCCNCc1c(Cl)cccc1N(C)Cc1ccccc1. The molecule has 0 atom stereocenters. The van der Waals surface area contributed by atoms with Gasteiger partial charge in [-0.05, 0) is 30.7 Å². The molecule has 0 saturated carbocycles. The summed E-state index contributed by atoms with van der Waals surface area (Å²) in [6, 6.07) is 16.6. The highest BCUT2D eigenvalue weighted by molar-refractivity contribution is 6.31. The van der Waals surface area contributed by atoms with Crippen LogP contribution in [0.15, 0.2) is 48.5 Å². The van der Waals surface area contributed by atoms with Crippen molar-refractivity contribution in [2.24, 2.45) is 0 Å². The molecule has 2 aromatic carbocycles. The van der Waals surface area contributed by atoms with Gasteiger partial charge in [-0.15, -0.1) is 0 Å². The van der Waals surface area contributed by atoms with E-state index in [1.807, 2.05) is 18.2 Å². The van der Waals surface area contributed by atoms with E-state index < -0.39 is 0 Å². The first-order chi connectivity index (χ1) is 10.2. The Kier molecular flexibility index (Phi) is 6.09. The lowest BCUT2D eigenvalue weighted by molar-refractivity contribution is 0.674. The summed E-state index contributed by atoms with van der Waals surface area (Å²) in [4.78, 5) is 2.25. The van der Waals surface area contributed by atoms with E-state index in [2.05, 4.69) is 54.5 Å². The van der Waals surface area contributed by atoms with Crippen molar-refractivity contribution in [1.82, 2.24) is 5.32 Å². The molecular formula is C18H23ClN2. The van der Waals surface area contributed by atoms with Crippen LogP contribution in [0.25, 0.3) is 0 Å². The minimum Gasteiger partial charge on any atom is -0.370 e. The molecule has 2 nitrogen and oxygen atoms in total. The monoisotopic (exact) mass is 302 g/mol. The van der Waals surface area contributed by atoms with E-state index in [0.717, 1.165) is 31.1 Å². The van der Waals surface area contributed by atoms with E-state index in [1.54, 1.807) is 0 Å². The second-order valence-corrected chi connectivity index (χ2v) is 5.66. The van der Waals surface area contributed by atoms with Gasteiger partial charge in [-0.3, -0.25) is 0 Å². The van der Waals surface area contributed by atoms with Gasteiger partial charge in [0, 0.05) is 36.4 Å². The van der Waals surface area contributed by atoms with E-state index >= 15 is 0 Å². The minimum atomic E-state index is 0.808. The first kappa shape index (κ1) is 15.9. The number of anilines is 1. The molecule has 0 amide bonds. The number of hydrogen-bond donors (Lipinski definition) is 1. The maximum Gasteiger partial charge on any atom is 0.0471 e. The van der Waals surface area contributed by atoms with Crippen molar-refractivity contribution in [3.05, 3.63) is 64.7 Å². The van der Waals surface area contributed by atoms with Crippen LogP contribution < -0.4 is 10.2 Å². The van der Waals surface area contributed by atoms with Gasteiger partial charge in [0.1, 0.15) is 0 Å². The summed E-state index contributed by atoms with van der Waals surface area (Å²) in [6.07, 6.45) is 1.12. The first-order valence-corrected chi connectivity index (χ1v) is 7.83. The standard InChI is InChI=1S/C18H23ClN2/c1-3-12-20-13-16-17(19)10-7-11-18(16)21(2)14-15-8-5-4-6-9-15/h4-11,20H,3,12-14H2,1-2H3. The molecule has 0 saturated heterocycles. The zero-order valence-electron chi connectivity index (χ0n) is 12.8. The molecule has 0 radical (unpaired) electrons. The lowest BCUT2D eigenvalue weighted by Crippen LogP contribution is -2.21. The summed E-state index contributed by atoms with van der Waals surface area (Å²) in [7, 11) is 2.11.